The molecule has 1 fully saturated rings. The second-order valence-electron chi connectivity index (χ2n) is 4.49. The van der Waals surface area contributed by atoms with Crippen molar-refractivity contribution >= 4 is 0 Å². The zero-order chi connectivity index (χ0) is 10.2. The highest BCUT2D eigenvalue weighted by molar-refractivity contribution is 5.27. The van der Waals surface area contributed by atoms with Crippen LogP contribution < -0.4 is 5.73 Å². The Morgan fingerprint density at radius 2 is 2.14 bits per heavy atom. The molecule has 0 unspecified atom stereocenters. The van der Waals surface area contributed by atoms with Gasteiger partial charge >= 0.3 is 0 Å². The summed E-state index contributed by atoms with van der Waals surface area (Å²) in [5.74, 6) is 0. The Balaban J connectivity index is 2.45. The van der Waals surface area contributed by atoms with Crippen molar-refractivity contribution in [3.63, 3.8) is 0 Å². The lowest BCUT2D eigenvalue weighted by molar-refractivity contribution is 0.415. The molecule has 1 heterocycles. The maximum absolute atomic E-state index is 5.96. The summed E-state index contributed by atoms with van der Waals surface area (Å²) < 4.78 is 2.01. The second-order valence-corrected chi connectivity index (χ2v) is 4.49. The molecule has 1 aliphatic rings. The van der Waals surface area contributed by atoms with Crippen LogP contribution in [0.2, 0.25) is 0 Å². The molecule has 0 amide bonds. The maximum atomic E-state index is 5.96. The number of hydrogen-bond acceptors (Lipinski definition) is 2. The molecule has 0 bridgehead atoms. The molecule has 78 valence electrons. The molecule has 2 N–H and O–H groups in total. The summed E-state index contributed by atoms with van der Waals surface area (Å²) in [7, 11) is 2.03. The Labute approximate surface area is 85.3 Å². The van der Waals surface area contributed by atoms with E-state index in [1.165, 1.54) is 36.9 Å². The third-order valence-electron chi connectivity index (χ3n) is 3.58. The Kier molecular flexibility index (Phi) is 2.35. The highest BCUT2D eigenvalue weighted by Crippen LogP contribution is 2.41. The Bertz CT molecular complexity index is 302. The van der Waals surface area contributed by atoms with E-state index in [4.69, 9.17) is 5.73 Å². The Morgan fingerprint density at radius 1 is 1.50 bits per heavy atom. The summed E-state index contributed by atoms with van der Waals surface area (Å²) in [6.07, 6.45) is 7.02. The monoisotopic (exact) mass is 193 g/mol. The van der Waals surface area contributed by atoms with E-state index in [0.29, 0.717) is 0 Å². The van der Waals surface area contributed by atoms with Crippen LogP contribution in [0.15, 0.2) is 6.20 Å². The van der Waals surface area contributed by atoms with E-state index in [1.54, 1.807) is 0 Å². The molecule has 0 saturated heterocycles. The highest BCUT2D eigenvalue weighted by atomic mass is 15.3. The zero-order valence-electron chi connectivity index (χ0n) is 9.08. The molecule has 1 aromatic heterocycles. The summed E-state index contributed by atoms with van der Waals surface area (Å²) in [5, 5.41) is 4.31. The van der Waals surface area contributed by atoms with Gasteiger partial charge in [-0.3, -0.25) is 4.68 Å². The number of nitrogens with two attached hydrogens (primary N) is 1. The maximum Gasteiger partial charge on any atom is 0.0521 e. The van der Waals surface area contributed by atoms with Gasteiger partial charge in [-0.05, 0) is 25.3 Å². The minimum atomic E-state index is 0.218. The lowest BCUT2D eigenvalue weighted by atomic mass is 9.81. The first-order valence-corrected chi connectivity index (χ1v) is 5.39. The van der Waals surface area contributed by atoms with Crippen molar-refractivity contribution in [2.45, 2.75) is 38.0 Å². The SMILES string of the molecule is Cc1cnn(C)c1C1(CN)CCCC1. The quantitative estimate of drug-likeness (QED) is 0.773. The van der Waals surface area contributed by atoms with Crippen LogP contribution in [0.4, 0.5) is 0 Å². The van der Waals surface area contributed by atoms with E-state index < -0.39 is 0 Å². The Morgan fingerprint density at radius 3 is 2.57 bits per heavy atom. The lowest BCUT2D eigenvalue weighted by Gasteiger charge is -2.28. The topological polar surface area (TPSA) is 43.8 Å². The fourth-order valence-electron chi connectivity index (χ4n) is 2.90. The number of rotatable bonds is 2. The van der Waals surface area contributed by atoms with E-state index in [9.17, 15) is 0 Å². The van der Waals surface area contributed by atoms with E-state index >= 15 is 0 Å². The minimum absolute atomic E-state index is 0.218. The summed E-state index contributed by atoms with van der Waals surface area (Å²) in [6, 6.07) is 0. The molecule has 1 aromatic rings. The van der Waals surface area contributed by atoms with Crippen LogP contribution >= 0.6 is 0 Å². The van der Waals surface area contributed by atoms with Gasteiger partial charge in [-0.25, -0.2) is 0 Å². The normalized spacial score (nSPS) is 20.2. The summed E-state index contributed by atoms with van der Waals surface area (Å²) in [6.45, 7) is 2.89. The van der Waals surface area contributed by atoms with Crippen molar-refractivity contribution in [1.82, 2.24) is 9.78 Å². The molecule has 0 aliphatic heterocycles. The zero-order valence-corrected chi connectivity index (χ0v) is 9.08. The minimum Gasteiger partial charge on any atom is -0.330 e. The van der Waals surface area contributed by atoms with Crippen LogP contribution in [0.3, 0.4) is 0 Å². The van der Waals surface area contributed by atoms with Crippen LogP contribution in [0, 0.1) is 6.92 Å². The third-order valence-corrected chi connectivity index (χ3v) is 3.58. The fourth-order valence-corrected chi connectivity index (χ4v) is 2.90. The molecule has 3 nitrogen and oxygen atoms in total. The van der Waals surface area contributed by atoms with Gasteiger partial charge in [0.25, 0.3) is 0 Å². The third kappa shape index (κ3) is 1.27. The average molecular weight is 193 g/mol. The molecule has 0 spiro atoms. The van der Waals surface area contributed by atoms with Gasteiger partial charge in [0.05, 0.1) is 6.20 Å². The van der Waals surface area contributed by atoms with Gasteiger partial charge in [0.2, 0.25) is 0 Å². The molecule has 0 atom stereocenters. The number of nitrogens with zero attached hydrogens (tertiary/aromatic N) is 2. The predicted octanol–water partition coefficient (Wildman–Crippen LogP) is 1.50. The molecule has 0 aromatic carbocycles. The molecule has 14 heavy (non-hydrogen) atoms. The van der Waals surface area contributed by atoms with Gasteiger partial charge in [0, 0.05) is 24.7 Å². The predicted molar refractivity (Wildman–Crippen MR) is 57.1 cm³/mol. The van der Waals surface area contributed by atoms with Gasteiger partial charge in [0.15, 0.2) is 0 Å². The summed E-state index contributed by atoms with van der Waals surface area (Å²) in [4.78, 5) is 0. The van der Waals surface area contributed by atoms with E-state index in [1.807, 2.05) is 17.9 Å². The lowest BCUT2D eigenvalue weighted by Crippen LogP contribution is -2.34. The van der Waals surface area contributed by atoms with Crippen molar-refractivity contribution in [2.24, 2.45) is 12.8 Å². The van der Waals surface area contributed by atoms with Crippen LogP contribution in [0.5, 0.6) is 0 Å². The van der Waals surface area contributed by atoms with Crippen molar-refractivity contribution < 1.29 is 0 Å². The van der Waals surface area contributed by atoms with E-state index in [2.05, 4.69) is 12.0 Å². The molecular weight excluding hydrogens is 174 g/mol. The van der Waals surface area contributed by atoms with Crippen molar-refractivity contribution in [3.8, 4) is 0 Å². The van der Waals surface area contributed by atoms with E-state index in [0.717, 1.165) is 6.54 Å². The molecular formula is C11H19N3. The molecule has 2 rings (SSSR count). The second kappa shape index (κ2) is 3.39. The summed E-state index contributed by atoms with van der Waals surface area (Å²) >= 11 is 0. The van der Waals surface area contributed by atoms with Gasteiger partial charge in [-0.1, -0.05) is 12.8 Å². The number of hydrogen-bond donors (Lipinski definition) is 1. The largest absolute Gasteiger partial charge is 0.330 e. The van der Waals surface area contributed by atoms with Crippen LogP contribution in [-0.2, 0) is 12.5 Å². The van der Waals surface area contributed by atoms with Gasteiger partial charge in [-0.2, -0.15) is 5.10 Å². The average Bonchev–Trinajstić information content (AvgIpc) is 2.75. The van der Waals surface area contributed by atoms with E-state index in [-0.39, 0.29) is 5.41 Å². The fraction of sp³-hybridized carbons (Fsp3) is 0.727. The molecule has 1 aliphatic carbocycles. The number of aryl methyl sites for hydroxylation is 2. The molecule has 1 saturated carbocycles. The molecule has 0 radical (unpaired) electrons. The first-order chi connectivity index (χ1) is 6.69. The van der Waals surface area contributed by atoms with Gasteiger partial charge < -0.3 is 5.73 Å². The summed E-state index contributed by atoms with van der Waals surface area (Å²) in [5.41, 5.74) is 8.82. The number of aromatic nitrogens is 2. The van der Waals surface area contributed by atoms with Crippen molar-refractivity contribution in [3.05, 3.63) is 17.5 Å². The Hall–Kier alpha value is -0.830. The first-order valence-electron chi connectivity index (χ1n) is 5.39. The van der Waals surface area contributed by atoms with Crippen LogP contribution in [0.25, 0.3) is 0 Å². The first kappa shape index (κ1) is 9.71. The van der Waals surface area contributed by atoms with Crippen molar-refractivity contribution in [2.75, 3.05) is 6.54 Å². The van der Waals surface area contributed by atoms with Crippen molar-refractivity contribution in [1.29, 1.82) is 0 Å². The van der Waals surface area contributed by atoms with Gasteiger partial charge in [0.1, 0.15) is 0 Å². The smallest absolute Gasteiger partial charge is 0.0521 e. The van der Waals surface area contributed by atoms with Crippen LogP contribution in [-0.4, -0.2) is 16.3 Å². The molecule has 3 heteroatoms. The standard InChI is InChI=1S/C11H19N3/c1-9-7-13-14(2)10(9)11(8-12)5-3-4-6-11/h7H,3-6,8,12H2,1-2H3. The highest BCUT2D eigenvalue weighted by Gasteiger charge is 2.37. The van der Waals surface area contributed by atoms with Gasteiger partial charge in [-0.15, -0.1) is 0 Å². The van der Waals surface area contributed by atoms with Crippen LogP contribution in [0.1, 0.15) is 36.9 Å².